The van der Waals surface area contributed by atoms with Crippen LogP contribution in [0.1, 0.15) is 35.2 Å². The van der Waals surface area contributed by atoms with Crippen LogP contribution < -0.4 is 0 Å². The van der Waals surface area contributed by atoms with Crippen LogP contribution in [0, 0.1) is 5.92 Å². The molecule has 0 aromatic heterocycles. The first-order chi connectivity index (χ1) is 10.4. The topological polar surface area (TPSA) is 20.3 Å². The zero-order valence-electron chi connectivity index (χ0n) is 12.2. The molecule has 0 N–H and O–H groups in total. The van der Waals surface area contributed by atoms with E-state index in [0.29, 0.717) is 18.7 Å². The highest BCUT2D eigenvalue weighted by Crippen LogP contribution is 2.34. The Labute approximate surface area is 133 Å². The first kappa shape index (κ1) is 17.3. The highest BCUT2D eigenvalue weighted by Gasteiger charge is 2.36. The standard InChI is InChI=1S/C16H19ClF3NO/c17-8-3-9-21-10-6-12(7-11-21)15(22)13-4-1-2-5-14(13)16(18,19)20/h1-2,4-5,12H,3,6-11H2. The Morgan fingerprint density at radius 3 is 2.45 bits per heavy atom. The molecule has 1 heterocycles. The number of rotatable bonds is 5. The van der Waals surface area contributed by atoms with Crippen molar-refractivity contribution < 1.29 is 18.0 Å². The molecule has 0 atom stereocenters. The average Bonchev–Trinajstić information content (AvgIpc) is 2.52. The normalized spacial score (nSPS) is 17.6. The van der Waals surface area contributed by atoms with Crippen molar-refractivity contribution in [1.29, 1.82) is 0 Å². The van der Waals surface area contributed by atoms with Crippen molar-refractivity contribution >= 4 is 17.4 Å². The van der Waals surface area contributed by atoms with Gasteiger partial charge in [-0.15, -0.1) is 11.6 Å². The second kappa shape index (κ2) is 7.47. The van der Waals surface area contributed by atoms with Crippen LogP contribution in [0.4, 0.5) is 13.2 Å². The number of nitrogens with zero attached hydrogens (tertiary/aromatic N) is 1. The molecule has 0 radical (unpaired) electrons. The molecule has 1 aliphatic rings. The van der Waals surface area contributed by atoms with E-state index in [4.69, 9.17) is 11.6 Å². The van der Waals surface area contributed by atoms with Crippen LogP contribution in [0.5, 0.6) is 0 Å². The van der Waals surface area contributed by atoms with Crippen LogP contribution in [0.15, 0.2) is 24.3 Å². The fraction of sp³-hybridized carbons (Fsp3) is 0.562. The molecule has 2 nitrogen and oxygen atoms in total. The quantitative estimate of drug-likeness (QED) is 0.593. The summed E-state index contributed by atoms with van der Waals surface area (Å²) in [5.74, 6) is -0.113. The summed E-state index contributed by atoms with van der Waals surface area (Å²) in [6.07, 6.45) is -2.40. The molecule has 2 rings (SSSR count). The Hall–Kier alpha value is -1.07. The summed E-state index contributed by atoms with van der Waals surface area (Å²) < 4.78 is 39.0. The summed E-state index contributed by atoms with van der Waals surface area (Å²) in [5, 5.41) is 0. The number of carbonyl (C=O) groups is 1. The Kier molecular flexibility index (Phi) is 5.87. The maximum atomic E-state index is 13.0. The molecule has 122 valence electrons. The molecule has 1 aliphatic heterocycles. The third-order valence-electron chi connectivity index (χ3n) is 4.06. The highest BCUT2D eigenvalue weighted by molar-refractivity contribution is 6.17. The second-order valence-corrected chi connectivity index (χ2v) is 5.94. The molecule has 6 heteroatoms. The van der Waals surface area contributed by atoms with Crippen molar-refractivity contribution in [2.24, 2.45) is 5.92 Å². The highest BCUT2D eigenvalue weighted by atomic mass is 35.5. The molecule has 1 aromatic carbocycles. The van der Waals surface area contributed by atoms with Gasteiger partial charge in [0.25, 0.3) is 0 Å². The molecule has 0 bridgehead atoms. The molecular weight excluding hydrogens is 315 g/mol. The van der Waals surface area contributed by atoms with Crippen LogP contribution in [-0.4, -0.2) is 36.2 Å². The number of hydrogen-bond acceptors (Lipinski definition) is 2. The maximum Gasteiger partial charge on any atom is 0.417 e. The van der Waals surface area contributed by atoms with Crippen molar-refractivity contribution in [3.05, 3.63) is 35.4 Å². The Morgan fingerprint density at radius 2 is 1.86 bits per heavy atom. The second-order valence-electron chi connectivity index (χ2n) is 5.57. The molecule has 1 aromatic rings. The van der Waals surface area contributed by atoms with Gasteiger partial charge in [-0.25, -0.2) is 0 Å². The number of halogens is 4. The largest absolute Gasteiger partial charge is 0.417 e. The molecule has 0 aliphatic carbocycles. The van der Waals surface area contributed by atoms with Crippen LogP contribution in [0.2, 0.25) is 0 Å². The minimum atomic E-state index is -4.49. The van der Waals surface area contributed by atoms with Crippen LogP contribution >= 0.6 is 11.6 Å². The molecule has 0 saturated carbocycles. The number of benzene rings is 1. The zero-order valence-corrected chi connectivity index (χ0v) is 13.0. The number of piperidine rings is 1. The van der Waals surface area contributed by atoms with E-state index in [9.17, 15) is 18.0 Å². The first-order valence-electron chi connectivity index (χ1n) is 7.42. The molecular formula is C16H19ClF3NO. The molecule has 1 fully saturated rings. The summed E-state index contributed by atoms with van der Waals surface area (Å²) in [7, 11) is 0. The van der Waals surface area contributed by atoms with E-state index in [1.54, 1.807) is 0 Å². The van der Waals surface area contributed by atoms with Gasteiger partial charge in [-0.3, -0.25) is 4.79 Å². The van der Waals surface area contributed by atoms with E-state index < -0.39 is 11.7 Å². The Bertz CT molecular complexity index is 510. The van der Waals surface area contributed by atoms with Gasteiger partial charge >= 0.3 is 6.18 Å². The number of carbonyl (C=O) groups excluding carboxylic acids is 1. The van der Waals surface area contributed by atoms with Gasteiger partial charge < -0.3 is 4.90 Å². The molecule has 1 saturated heterocycles. The van der Waals surface area contributed by atoms with Gasteiger partial charge in [-0.2, -0.15) is 13.2 Å². The SMILES string of the molecule is O=C(c1ccccc1C(F)(F)F)C1CCN(CCCCl)CC1. The smallest absolute Gasteiger partial charge is 0.303 e. The summed E-state index contributed by atoms with van der Waals surface area (Å²) in [5.41, 5.74) is -1.03. The van der Waals surface area contributed by atoms with Crippen molar-refractivity contribution in [2.75, 3.05) is 25.5 Å². The minimum Gasteiger partial charge on any atom is -0.303 e. The van der Waals surface area contributed by atoms with Gasteiger partial charge in [0, 0.05) is 17.4 Å². The van der Waals surface area contributed by atoms with Gasteiger partial charge in [0.2, 0.25) is 0 Å². The van der Waals surface area contributed by atoms with Crippen LogP contribution in [0.25, 0.3) is 0 Å². The summed E-state index contributed by atoms with van der Waals surface area (Å²) >= 11 is 5.65. The minimum absolute atomic E-state index is 0.200. The molecule has 0 unspecified atom stereocenters. The average molecular weight is 334 g/mol. The van der Waals surface area contributed by atoms with Gasteiger partial charge in [0.1, 0.15) is 0 Å². The van der Waals surface area contributed by atoms with E-state index in [0.717, 1.165) is 32.1 Å². The lowest BCUT2D eigenvalue weighted by atomic mass is 9.87. The lowest BCUT2D eigenvalue weighted by molar-refractivity contribution is -0.137. The lowest BCUT2D eigenvalue weighted by Crippen LogP contribution is -2.37. The predicted octanol–water partition coefficient (Wildman–Crippen LogP) is 4.23. The van der Waals surface area contributed by atoms with E-state index in [-0.39, 0.29) is 17.3 Å². The number of likely N-dealkylation sites (tertiary alicyclic amines) is 1. The summed E-state index contributed by atoms with van der Waals surface area (Å²) in [6.45, 7) is 2.35. The fourth-order valence-electron chi connectivity index (χ4n) is 2.87. The van der Waals surface area contributed by atoms with Gasteiger partial charge in [0.05, 0.1) is 5.56 Å². The molecule has 0 amide bonds. The van der Waals surface area contributed by atoms with Crippen LogP contribution in [0.3, 0.4) is 0 Å². The van der Waals surface area contributed by atoms with E-state index >= 15 is 0 Å². The predicted molar refractivity (Wildman–Crippen MR) is 80.3 cm³/mol. The van der Waals surface area contributed by atoms with E-state index in [2.05, 4.69) is 4.90 Å². The zero-order chi connectivity index (χ0) is 16.2. The number of Topliss-reactive ketones (excluding diaryl/α,β-unsaturated/α-hetero) is 1. The van der Waals surface area contributed by atoms with Crippen molar-refractivity contribution in [2.45, 2.75) is 25.4 Å². The number of hydrogen-bond donors (Lipinski definition) is 0. The maximum absolute atomic E-state index is 13.0. The van der Waals surface area contributed by atoms with E-state index in [1.165, 1.54) is 18.2 Å². The summed E-state index contributed by atoms with van der Waals surface area (Å²) in [6, 6.07) is 5.06. The van der Waals surface area contributed by atoms with Gasteiger partial charge in [0.15, 0.2) is 5.78 Å². The van der Waals surface area contributed by atoms with Crippen molar-refractivity contribution in [1.82, 2.24) is 4.90 Å². The van der Waals surface area contributed by atoms with E-state index in [1.807, 2.05) is 0 Å². The first-order valence-corrected chi connectivity index (χ1v) is 7.95. The van der Waals surface area contributed by atoms with Crippen molar-refractivity contribution in [3.8, 4) is 0 Å². The fourth-order valence-corrected chi connectivity index (χ4v) is 2.99. The monoisotopic (exact) mass is 333 g/mol. The third kappa shape index (κ3) is 4.23. The van der Waals surface area contributed by atoms with Crippen LogP contribution in [-0.2, 0) is 6.18 Å². The Morgan fingerprint density at radius 1 is 1.23 bits per heavy atom. The van der Waals surface area contributed by atoms with Gasteiger partial charge in [-0.1, -0.05) is 18.2 Å². The number of ketones is 1. The summed E-state index contributed by atoms with van der Waals surface area (Å²) in [4.78, 5) is 14.7. The van der Waals surface area contributed by atoms with Crippen molar-refractivity contribution in [3.63, 3.8) is 0 Å². The number of alkyl halides is 4. The molecule has 22 heavy (non-hydrogen) atoms. The lowest BCUT2D eigenvalue weighted by Gasteiger charge is -2.31. The third-order valence-corrected chi connectivity index (χ3v) is 4.33. The Balaban J connectivity index is 2.05. The van der Waals surface area contributed by atoms with Gasteiger partial charge in [-0.05, 0) is 45.0 Å². The molecule has 0 spiro atoms.